The monoisotopic (exact) mass is 534 g/mol. The Morgan fingerprint density at radius 3 is 2.79 bits per heavy atom. The fraction of sp³-hybridized carbons (Fsp3) is 0.556. The standard InChI is InChI=1S/C27H34N8O4/c1-27(2,3)39-26(37)34-16-18-14-20(10-11-23(18)31-34)35(19-8-9-19)25(36)21-6-4-7-24-22(21)15-30-33(24)12-5-13-38-17-29-32-28/h4,6-7,15-16,19-20H,5,8-14,17H2,1-3H3. The lowest BCUT2D eigenvalue weighted by atomic mass is 9.91. The molecule has 1 unspecified atom stereocenters. The van der Waals surface area contributed by atoms with Crippen molar-refractivity contribution in [2.45, 2.75) is 83.5 Å². The Morgan fingerprint density at radius 1 is 1.23 bits per heavy atom. The van der Waals surface area contributed by atoms with Gasteiger partial charge in [-0.3, -0.25) is 9.48 Å². The van der Waals surface area contributed by atoms with E-state index in [1.165, 1.54) is 4.68 Å². The van der Waals surface area contributed by atoms with Gasteiger partial charge in [-0.15, -0.1) is 0 Å². The first kappa shape index (κ1) is 26.7. The molecule has 0 bridgehead atoms. The Morgan fingerprint density at radius 2 is 2.05 bits per heavy atom. The Labute approximate surface area is 226 Å². The first-order chi connectivity index (χ1) is 18.7. The molecule has 39 heavy (non-hydrogen) atoms. The number of carbonyl (C=O) groups excluding carboxylic acids is 2. The number of nitrogens with zero attached hydrogens (tertiary/aromatic N) is 8. The average molecular weight is 535 g/mol. The summed E-state index contributed by atoms with van der Waals surface area (Å²) in [6.45, 7) is 6.57. The molecular weight excluding hydrogens is 500 g/mol. The van der Waals surface area contributed by atoms with Crippen LogP contribution in [0.1, 0.15) is 68.1 Å². The van der Waals surface area contributed by atoms with Gasteiger partial charge in [0.1, 0.15) is 12.3 Å². The van der Waals surface area contributed by atoms with Crippen LogP contribution >= 0.6 is 0 Å². The van der Waals surface area contributed by atoms with Crippen LogP contribution in [0.5, 0.6) is 0 Å². The zero-order valence-electron chi connectivity index (χ0n) is 22.6. The number of carbonyl (C=O) groups is 2. The second-order valence-electron chi connectivity index (χ2n) is 11.1. The lowest BCUT2D eigenvalue weighted by Gasteiger charge is -2.34. The molecule has 2 heterocycles. The van der Waals surface area contributed by atoms with E-state index < -0.39 is 11.7 Å². The van der Waals surface area contributed by atoms with Crippen molar-refractivity contribution in [1.29, 1.82) is 0 Å². The van der Waals surface area contributed by atoms with Crippen molar-refractivity contribution in [2.75, 3.05) is 13.3 Å². The maximum Gasteiger partial charge on any atom is 0.435 e. The fourth-order valence-electron chi connectivity index (χ4n) is 5.16. The molecule has 2 aliphatic rings. The number of fused-ring (bicyclic) bond motifs is 2. The van der Waals surface area contributed by atoms with E-state index in [2.05, 4.69) is 25.1 Å². The summed E-state index contributed by atoms with van der Waals surface area (Å²) in [4.78, 5) is 31.3. The van der Waals surface area contributed by atoms with Gasteiger partial charge in [0, 0.05) is 41.7 Å². The van der Waals surface area contributed by atoms with Gasteiger partial charge in [-0.1, -0.05) is 11.2 Å². The minimum Gasteiger partial charge on any atom is -0.442 e. The first-order valence-corrected chi connectivity index (χ1v) is 13.4. The van der Waals surface area contributed by atoms with E-state index >= 15 is 0 Å². The van der Waals surface area contributed by atoms with Gasteiger partial charge in [0.2, 0.25) is 0 Å². The molecule has 0 saturated heterocycles. The molecule has 0 spiro atoms. The van der Waals surface area contributed by atoms with E-state index in [-0.39, 0.29) is 24.7 Å². The smallest absolute Gasteiger partial charge is 0.435 e. The van der Waals surface area contributed by atoms with Gasteiger partial charge < -0.3 is 14.4 Å². The lowest BCUT2D eigenvalue weighted by molar-refractivity contribution is 0.0513. The van der Waals surface area contributed by atoms with Gasteiger partial charge in [-0.25, -0.2) is 4.79 Å². The van der Waals surface area contributed by atoms with Gasteiger partial charge in [0.15, 0.2) is 0 Å². The average Bonchev–Trinajstić information content (AvgIpc) is 3.48. The quantitative estimate of drug-likeness (QED) is 0.166. The van der Waals surface area contributed by atoms with E-state index in [0.717, 1.165) is 41.4 Å². The third-order valence-electron chi connectivity index (χ3n) is 6.98. The van der Waals surface area contributed by atoms with Crippen LogP contribution in [0.3, 0.4) is 0 Å². The molecule has 0 N–H and O–H groups in total. The molecular formula is C27H34N8O4. The van der Waals surface area contributed by atoms with Crippen molar-refractivity contribution >= 4 is 22.9 Å². The molecule has 1 atom stereocenters. The second kappa shape index (κ2) is 11.1. The van der Waals surface area contributed by atoms with Crippen LogP contribution in [0.15, 0.2) is 35.7 Å². The third-order valence-corrected chi connectivity index (χ3v) is 6.98. The normalized spacial score (nSPS) is 16.9. The van der Waals surface area contributed by atoms with Crippen molar-refractivity contribution in [3.8, 4) is 0 Å². The summed E-state index contributed by atoms with van der Waals surface area (Å²) in [5.41, 5.74) is 11.2. The van der Waals surface area contributed by atoms with Gasteiger partial charge in [0.05, 0.1) is 23.0 Å². The topological polar surface area (TPSA) is 140 Å². The summed E-state index contributed by atoms with van der Waals surface area (Å²) in [6, 6.07) is 6.01. The number of aromatic nitrogens is 4. The van der Waals surface area contributed by atoms with Gasteiger partial charge >= 0.3 is 6.09 Å². The largest absolute Gasteiger partial charge is 0.442 e. The lowest BCUT2D eigenvalue weighted by Crippen LogP contribution is -2.44. The Hall–Kier alpha value is -3.89. The van der Waals surface area contributed by atoms with E-state index in [1.54, 1.807) is 12.4 Å². The minimum absolute atomic E-state index is 0.0104. The molecule has 0 radical (unpaired) electrons. The van der Waals surface area contributed by atoms with E-state index in [1.807, 2.05) is 43.7 Å². The maximum atomic E-state index is 14.0. The maximum absolute atomic E-state index is 14.0. The molecule has 1 aromatic carbocycles. The molecule has 0 aliphatic heterocycles. The van der Waals surface area contributed by atoms with Crippen molar-refractivity contribution in [1.82, 2.24) is 24.5 Å². The van der Waals surface area contributed by atoms with Crippen LogP contribution in [0.4, 0.5) is 4.79 Å². The van der Waals surface area contributed by atoms with Crippen LogP contribution in [-0.4, -0.2) is 67.5 Å². The number of benzene rings is 1. The van der Waals surface area contributed by atoms with Crippen molar-refractivity contribution in [3.05, 3.63) is 57.9 Å². The van der Waals surface area contributed by atoms with Crippen LogP contribution in [-0.2, 0) is 28.9 Å². The number of ether oxygens (including phenoxy) is 2. The molecule has 1 fully saturated rings. The zero-order valence-corrected chi connectivity index (χ0v) is 22.6. The number of rotatable bonds is 9. The van der Waals surface area contributed by atoms with Gasteiger partial charge in [-0.05, 0) is 82.5 Å². The van der Waals surface area contributed by atoms with Crippen LogP contribution in [0.25, 0.3) is 21.3 Å². The summed E-state index contributed by atoms with van der Waals surface area (Å²) < 4.78 is 13.9. The Bertz CT molecular complexity index is 1410. The SMILES string of the molecule is CC(C)(C)OC(=O)n1cc2c(n1)CCC(N(C(=O)c1cccc3c1cnn3CCCOCN=[N+]=[N-])C1CC1)C2. The Balaban J connectivity index is 1.31. The molecule has 206 valence electrons. The molecule has 1 saturated carbocycles. The molecule has 12 nitrogen and oxygen atoms in total. The molecule has 12 heteroatoms. The molecule has 2 aromatic heterocycles. The molecule has 2 aliphatic carbocycles. The number of amides is 1. The number of aryl methyl sites for hydroxylation is 2. The van der Waals surface area contributed by atoms with Crippen molar-refractivity contribution in [3.63, 3.8) is 0 Å². The summed E-state index contributed by atoms with van der Waals surface area (Å²) in [5, 5.41) is 13.2. The molecule has 5 rings (SSSR count). The van der Waals surface area contributed by atoms with Crippen molar-refractivity contribution in [2.24, 2.45) is 5.11 Å². The number of hydrogen-bond acceptors (Lipinski definition) is 7. The van der Waals surface area contributed by atoms with Crippen LogP contribution in [0.2, 0.25) is 0 Å². The van der Waals surface area contributed by atoms with Crippen LogP contribution < -0.4 is 0 Å². The fourth-order valence-corrected chi connectivity index (χ4v) is 5.16. The summed E-state index contributed by atoms with van der Waals surface area (Å²) in [5.74, 6) is 0.0216. The predicted octanol–water partition coefficient (Wildman–Crippen LogP) is 4.85. The summed E-state index contributed by atoms with van der Waals surface area (Å²) in [7, 11) is 0. The highest BCUT2D eigenvalue weighted by atomic mass is 16.6. The number of hydrogen-bond donors (Lipinski definition) is 0. The highest BCUT2D eigenvalue weighted by molar-refractivity contribution is 6.06. The second-order valence-corrected chi connectivity index (χ2v) is 11.1. The number of azide groups is 1. The van der Waals surface area contributed by atoms with E-state index in [9.17, 15) is 9.59 Å². The van der Waals surface area contributed by atoms with Gasteiger partial charge in [-0.2, -0.15) is 14.9 Å². The van der Waals surface area contributed by atoms with E-state index in [4.69, 9.17) is 15.0 Å². The van der Waals surface area contributed by atoms with E-state index in [0.29, 0.717) is 38.0 Å². The van der Waals surface area contributed by atoms with Gasteiger partial charge in [0.25, 0.3) is 5.91 Å². The highest BCUT2D eigenvalue weighted by Crippen LogP contribution is 2.36. The summed E-state index contributed by atoms with van der Waals surface area (Å²) >= 11 is 0. The minimum atomic E-state index is -0.600. The molecule has 3 aromatic rings. The zero-order chi connectivity index (χ0) is 27.6. The van der Waals surface area contributed by atoms with Crippen LogP contribution in [0, 0.1) is 0 Å². The summed E-state index contributed by atoms with van der Waals surface area (Å²) in [6.07, 6.45) is 7.88. The highest BCUT2D eigenvalue weighted by Gasteiger charge is 2.40. The van der Waals surface area contributed by atoms with Crippen molar-refractivity contribution < 1.29 is 19.1 Å². The first-order valence-electron chi connectivity index (χ1n) is 13.4. The molecule has 1 amide bonds. The predicted molar refractivity (Wildman–Crippen MR) is 143 cm³/mol. The Kier molecular flexibility index (Phi) is 7.58. The third kappa shape index (κ3) is 6.07.